The predicted octanol–water partition coefficient (Wildman–Crippen LogP) is 3.75. The molecule has 29 heavy (non-hydrogen) atoms. The van der Waals surface area contributed by atoms with Gasteiger partial charge in [0.1, 0.15) is 0 Å². The molecular weight excluding hydrogens is 364 g/mol. The summed E-state index contributed by atoms with van der Waals surface area (Å²) in [5.74, 6) is 0.0599. The van der Waals surface area contributed by atoms with Crippen molar-refractivity contribution in [1.82, 2.24) is 10.3 Å². The molecule has 1 unspecified atom stereocenters. The summed E-state index contributed by atoms with van der Waals surface area (Å²) in [7, 11) is 0. The van der Waals surface area contributed by atoms with Gasteiger partial charge in [0.2, 0.25) is 5.91 Å². The zero-order chi connectivity index (χ0) is 20.9. The third kappa shape index (κ3) is 5.64. The zero-order valence-corrected chi connectivity index (χ0v) is 17.6. The number of aliphatic hydroxyl groups excluding tert-OH is 1. The van der Waals surface area contributed by atoms with Crippen molar-refractivity contribution in [2.75, 3.05) is 13.2 Å². The molecule has 1 saturated heterocycles. The molecule has 0 bridgehead atoms. The lowest BCUT2D eigenvalue weighted by molar-refractivity contribution is -0.138. The summed E-state index contributed by atoms with van der Waals surface area (Å²) in [5, 5.41) is 12.9. The van der Waals surface area contributed by atoms with Crippen LogP contribution in [-0.2, 0) is 16.0 Å². The summed E-state index contributed by atoms with van der Waals surface area (Å²) < 4.78 is 5.56. The molecule has 0 saturated carbocycles. The van der Waals surface area contributed by atoms with E-state index in [2.05, 4.69) is 34.6 Å². The summed E-state index contributed by atoms with van der Waals surface area (Å²) in [4.78, 5) is 17.4. The smallest absolute Gasteiger partial charge is 0.227 e. The number of carbonyl (C=O) groups is 1. The monoisotopic (exact) mass is 396 g/mol. The lowest BCUT2D eigenvalue weighted by Crippen LogP contribution is -2.54. The number of nitrogens with one attached hydrogen (secondary N) is 1. The Balaban J connectivity index is 1.77. The summed E-state index contributed by atoms with van der Waals surface area (Å²) in [6.07, 6.45) is 5.73. The lowest BCUT2D eigenvalue weighted by Gasteiger charge is -2.39. The van der Waals surface area contributed by atoms with Gasteiger partial charge in [0, 0.05) is 31.1 Å². The molecule has 156 valence electrons. The fourth-order valence-corrected chi connectivity index (χ4v) is 4.23. The minimum absolute atomic E-state index is 0.0599. The van der Waals surface area contributed by atoms with E-state index < -0.39 is 17.1 Å². The first-order chi connectivity index (χ1) is 13.8. The number of nitrogens with zero attached hydrogens (tertiary/aromatic N) is 1. The molecule has 2 heterocycles. The molecule has 1 aliphatic heterocycles. The minimum Gasteiger partial charge on any atom is -0.393 e. The molecule has 1 atom stereocenters. The Morgan fingerprint density at radius 1 is 1.14 bits per heavy atom. The van der Waals surface area contributed by atoms with Crippen LogP contribution in [0.3, 0.4) is 0 Å². The highest BCUT2D eigenvalue weighted by molar-refractivity contribution is 5.83. The molecule has 0 aliphatic carbocycles. The van der Waals surface area contributed by atoms with Crippen molar-refractivity contribution >= 4 is 5.91 Å². The molecule has 1 amide bonds. The van der Waals surface area contributed by atoms with E-state index >= 15 is 0 Å². The second kappa shape index (κ2) is 9.06. The summed E-state index contributed by atoms with van der Waals surface area (Å²) >= 11 is 0. The first kappa shape index (κ1) is 21.5. The third-order valence-corrected chi connectivity index (χ3v) is 5.70. The number of benzene rings is 1. The summed E-state index contributed by atoms with van der Waals surface area (Å²) in [6, 6.07) is 12.4. The number of aliphatic hydroxyl groups is 1. The average molecular weight is 397 g/mol. The Kier molecular flexibility index (Phi) is 6.70. The van der Waals surface area contributed by atoms with E-state index in [1.165, 1.54) is 0 Å². The highest BCUT2D eigenvalue weighted by Gasteiger charge is 2.42. The number of pyridine rings is 1. The van der Waals surface area contributed by atoms with E-state index in [0.29, 0.717) is 38.9 Å². The second-order valence-corrected chi connectivity index (χ2v) is 8.89. The van der Waals surface area contributed by atoms with Crippen molar-refractivity contribution in [3.05, 3.63) is 54.4 Å². The average Bonchev–Trinajstić information content (AvgIpc) is 2.68. The molecular formula is C24H32N2O3. The maximum atomic E-state index is 13.4. The van der Waals surface area contributed by atoms with Crippen LogP contribution in [0.1, 0.15) is 45.6 Å². The molecule has 2 N–H and O–H groups in total. The van der Waals surface area contributed by atoms with Crippen molar-refractivity contribution in [2.24, 2.45) is 5.41 Å². The predicted molar refractivity (Wildman–Crippen MR) is 114 cm³/mol. The molecule has 2 aromatic rings. The van der Waals surface area contributed by atoms with Gasteiger partial charge in [-0.25, -0.2) is 0 Å². The van der Waals surface area contributed by atoms with Crippen LogP contribution in [-0.4, -0.2) is 40.9 Å². The Hall–Kier alpha value is -2.24. The first-order valence-corrected chi connectivity index (χ1v) is 10.4. The van der Waals surface area contributed by atoms with Crippen LogP contribution in [0.2, 0.25) is 0 Å². The maximum absolute atomic E-state index is 13.4. The van der Waals surface area contributed by atoms with Crippen LogP contribution in [0.4, 0.5) is 0 Å². The molecule has 0 spiro atoms. The van der Waals surface area contributed by atoms with Crippen molar-refractivity contribution < 1.29 is 14.6 Å². The fourth-order valence-electron chi connectivity index (χ4n) is 4.23. The van der Waals surface area contributed by atoms with E-state index in [4.69, 9.17) is 4.74 Å². The largest absolute Gasteiger partial charge is 0.393 e. The fraction of sp³-hybridized carbons (Fsp3) is 0.500. The molecule has 1 fully saturated rings. The zero-order valence-electron chi connectivity index (χ0n) is 17.6. The SMILES string of the molecule is CC(O)CC(C)(C)NC(=O)C1(Cc2ccc(-c3ccncc3)cc2)CCOCC1. The third-order valence-electron chi connectivity index (χ3n) is 5.70. The molecule has 1 aromatic heterocycles. The standard InChI is InChI=1S/C24H32N2O3/c1-18(27)16-23(2,3)26-22(28)24(10-14-29-15-11-24)17-19-4-6-20(7-5-19)21-8-12-25-13-9-21/h4-9,12-13,18,27H,10-11,14-17H2,1-3H3,(H,26,28). The van der Waals surface area contributed by atoms with Crippen LogP contribution in [0.25, 0.3) is 11.1 Å². The van der Waals surface area contributed by atoms with Gasteiger partial charge in [0.15, 0.2) is 0 Å². The van der Waals surface area contributed by atoms with Crippen LogP contribution < -0.4 is 5.32 Å². The number of rotatable bonds is 7. The van der Waals surface area contributed by atoms with Gasteiger partial charge in [-0.15, -0.1) is 0 Å². The van der Waals surface area contributed by atoms with Crippen molar-refractivity contribution in [3.8, 4) is 11.1 Å². The minimum atomic E-state index is -0.480. The number of hydrogen-bond acceptors (Lipinski definition) is 4. The van der Waals surface area contributed by atoms with Crippen LogP contribution in [0.5, 0.6) is 0 Å². The van der Waals surface area contributed by atoms with Crippen LogP contribution in [0, 0.1) is 5.41 Å². The Morgan fingerprint density at radius 3 is 2.31 bits per heavy atom. The highest BCUT2D eigenvalue weighted by atomic mass is 16.5. The highest BCUT2D eigenvalue weighted by Crippen LogP contribution is 2.36. The van der Waals surface area contributed by atoms with Crippen molar-refractivity contribution in [2.45, 2.75) is 58.1 Å². The molecule has 3 rings (SSSR count). The summed E-state index contributed by atoms with van der Waals surface area (Å²) in [5.41, 5.74) is 2.48. The molecule has 1 aliphatic rings. The van der Waals surface area contributed by atoms with Gasteiger partial charge in [-0.2, -0.15) is 0 Å². The van der Waals surface area contributed by atoms with Crippen LogP contribution >= 0.6 is 0 Å². The molecule has 1 aromatic carbocycles. The van der Waals surface area contributed by atoms with Gasteiger partial charge < -0.3 is 15.2 Å². The van der Waals surface area contributed by atoms with Gasteiger partial charge >= 0.3 is 0 Å². The normalized spacial score (nSPS) is 17.5. The first-order valence-electron chi connectivity index (χ1n) is 10.4. The number of hydrogen-bond donors (Lipinski definition) is 2. The quantitative estimate of drug-likeness (QED) is 0.748. The van der Waals surface area contributed by atoms with Gasteiger partial charge in [-0.05, 0) is 75.3 Å². The van der Waals surface area contributed by atoms with E-state index in [1.807, 2.05) is 26.0 Å². The maximum Gasteiger partial charge on any atom is 0.227 e. The van der Waals surface area contributed by atoms with Crippen LogP contribution in [0.15, 0.2) is 48.8 Å². The van der Waals surface area contributed by atoms with E-state index in [0.717, 1.165) is 16.7 Å². The van der Waals surface area contributed by atoms with E-state index in [1.54, 1.807) is 19.3 Å². The number of carbonyl (C=O) groups excluding carboxylic acids is 1. The molecule has 0 radical (unpaired) electrons. The Bertz CT molecular complexity index is 795. The van der Waals surface area contributed by atoms with Gasteiger partial charge in [0.25, 0.3) is 0 Å². The number of amides is 1. The van der Waals surface area contributed by atoms with E-state index in [-0.39, 0.29) is 5.91 Å². The van der Waals surface area contributed by atoms with Gasteiger partial charge in [-0.3, -0.25) is 9.78 Å². The number of aromatic nitrogens is 1. The Labute approximate surface area is 173 Å². The Morgan fingerprint density at radius 2 is 1.72 bits per heavy atom. The van der Waals surface area contributed by atoms with Gasteiger partial charge in [0.05, 0.1) is 11.5 Å². The molecule has 5 heteroatoms. The second-order valence-electron chi connectivity index (χ2n) is 8.89. The topological polar surface area (TPSA) is 71.5 Å². The van der Waals surface area contributed by atoms with E-state index in [9.17, 15) is 9.90 Å². The summed E-state index contributed by atoms with van der Waals surface area (Å²) in [6.45, 7) is 6.88. The van der Waals surface area contributed by atoms with Crippen molar-refractivity contribution in [3.63, 3.8) is 0 Å². The van der Waals surface area contributed by atoms with Gasteiger partial charge in [-0.1, -0.05) is 24.3 Å². The number of ether oxygens (including phenoxy) is 1. The lowest BCUT2D eigenvalue weighted by atomic mass is 9.73. The molecule has 5 nitrogen and oxygen atoms in total. The van der Waals surface area contributed by atoms with Crippen molar-refractivity contribution in [1.29, 1.82) is 0 Å².